The number of carbonyl (C=O) groups excluding carboxylic acids is 1. The fourth-order valence-electron chi connectivity index (χ4n) is 3.35. The zero-order chi connectivity index (χ0) is 11.2. The van der Waals surface area contributed by atoms with Gasteiger partial charge in [-0.25, -0.2) is 4.79 Å². The topological polar surface area (TPSA) is 42.0 Å². The highest BCUT2D eigenvalue weighted by Crippen LogP contribution is 2.44. The Morgan fingerprint density at radius 1 is 1.44 bits per heavy atom. The first-order chi connectivity index (χ1) is 7.73. The van der Waals surface area contributed by atoms with Crippen LogP contribution in [-0.2, 0) is 9.57 Å². The summed E-state index contributed by atoms with van der Waals surface area (Å²) in [5, 5.41) is 2.17. The molecule has 90 valence electrons. The van der Waals surface area contributed by atoms with E-state index in [0.717, 1.165) is 25.9 Å². The molecule has 1 amide bonds. The van der Waals surface area contributed by atoms with Crippen molar-refractivity contribution in [1.82, 2.24) is 9.96 Å². The number of hydroxylamine groups is 2. The summed E-state index contributed by atoms with van der Waals surface area (Å²) in [5.74, 6) is 0. The molecule has 0 N–H and O–H groups in total. The van der Waals surface area contributed by atoms with Gasteiger partial charge in [0, 0.05) is 13.1 Å². The molecule has 0 radical (unpaired) electrons. The van der Waals surface area contributed by atoms with Crippen LogP contribution in [0, 0.1) is 0 Å². The average molecular weight is 226 g/mol. The Bertz CT molecular complexity index is 310. The molecule has 0 aromatic carbocycles. The van der Waals surface area contributed by atoms with Gasteiger partial charge in [0.05, 0.1) is 25.3 Å². The van der Waals surface area contributed by atoms with E-state index in [0.29, 0.717) is 6.54 Å². The van der Waals surface area contributed by atoms with Crippen molar-refractivity contribution in [3.05, 3.63) is 0 Å². The second kappa shape index (κ2) is 3.60. The standard InChI is InChI=1S/C11H18N2O3/c1-15-10(14)12-6-4-11-3-2-5-13(11)16-9(7-11)8-12/h9H,2-8H2,1H3/t9-,11-/m0/s1. The number of amides is 1. The smallest absolute Gasteiger partial charge is 0.409 e. The normalized spacial score (nSPS) is 38.3. The second-order valence-electron chi connectivity index (χ2n) is 5.03. The third-order valence-corrected chi connectivity index (χ3v) is 4.12. The fraction of sp³-hybridized carbons (Fsp3) is 0.909. The van der Waals surface area contributed by atoms with Crippen LogP contribution in [0.3, 0.4) is 0 Å². The molecule has 3 heterocycles. The molecule has 2 bridgehead atoms. The maximum atomic E-state index is 11.5. The summed E-state index contributed by atoms with van der Waals surface area (Å²) in [6.45, 7) is 2.52. The lowest BCUT2D eigenvalue weighted by molar-refractivity contribution is -0.180. The van der Waals surface area contributed by atoms with Crippen LogP contribution >= 0.6 is 0 Å². The summed E-state index contributed by atoms with van der Waals surface area (Å²) < 4.78 is 4.78. The molecule has 0 aromatic heterocycles. The van der Waals surface area contributed by atoms with E-state index in [4.69, 9.17) is 9.57 Å². The maximum absolute atomic E-state index is 11.5. The van der Waals surface area contributed by atoms with E-state index in [1.165, 1.54) is 20.0 Å². The molecule has 3 aliphatic heterocycles. The molecule has 16 heavy (non-hydrogen) atoms. The predicted molar refractivity (Wildman–Crippen MR) is 56.8 cm³/mol. The highest BCUT2D eigenvalue weighted by Gasteiger charge is 2.52. The molecule has 1 spiro atoms. The SMILES string of the molecule is COC(=O)N1CC[C@]23CCCN2O[C@H](C1)C3. The second-order valence-corrected chi connectivity index (χ2v) is 5.03. The van der Waals surface area contributed by atoms with E-state index in [2.05, 4.69) is 5.06 Å². The molecule has 0 aliphatic carbocycles. The first-order valence-electron chi connectivity index (χ1n) is 6.01. The summed E-state index contributed by atoms with van der Waals surface area (Å²) >= 11 is 0. The Balaban J connectivity index is 1.76. The highest BCUT2D eigenvalue weighted by molar-refractivity contribution is 5.67. The number of carbonyl (C=O) groups is 1. The fourth-order valence-corrected chi connectivity index (χ4v) is 3.35. The zero-order valence-electron chi connectivity index (χ0n) is 9.65. The summed E-state index contributed by atoms with van der Waals surface area (Å²) in [6, 6.07) is 0. The van der Waals surface area contributed by atoms with Gasteiger partial charge in [-0.15, -0.1) is 0 Å². The van der Waals surface area contributed by atoms with E-state index in [9.17, 15) is 4.79 Å². The van der Waals surface area contributed by atoms with Crippen LogP contribution < -0.4 is 0 Å². The van der Waals surface area contributed by atoms with Gasteiger partial charge >= 0.3 is 6.09 Å². The number of fused-ring (bicyclic) bond motifs is 1. The molecule has 5 heteroatoms. The van der Waals surface area contributed by atoms with Crippen molar-refractivity contribution in [3.8, 4) is 0 Å². The van der Waals surface area contributed by atoms with Gasteiger partial charge < -0.3 is 9.64 Å². The van der Waals surface area contributed by atoms with Crippen molar-refractivity contribution in [2.45, 2.75) is 37.3 Å². The molecule has 3 saturated heterocycles. The summed E-state index contributed by atoms with van der Waals surface area (Å²) in [6.07, 6.45) is 4.45. The quantitative estimate of drug-likeness (QED) is 0.618. The van der Waals surface area contributed by atoms with Crippen molar-refractivity contribution in [2.24, 2.45) is 0 Å². The van der Waals surface area contributed by atoms with Crippen LogP contribution in [0.2, 0.25) is 0 Å². The van der Waals surface area contributed by atoms with Gasteiger partial charge in [-0.3, -0.25) is 4.84 Å². The number of hydrogen-bond acceptors (Lipinski definition) is 4. The number of nitrogens with zero attached hydrogens (tertiary/aromatic N) is 2. The van der Waals surface area contributed by atoms with Gasteiger partial charge in [0.25, 0.3) is 0 Å². The molecule has 0 aromatic rings. The highest BCUT2D eigenvalue weighted by atomic mass is 16.7. The number of methoxy groups -OCH3 is 1. The molecular formula is C11H18N2O3. The lowest BCUT2D eigenvalue weighted by Gasteiger charge is -2.32. The minimum absolute atomic E-state index is 0.168. The van der Waals surface area contributed by atoms with E-state index >= 15 is 0 Å². The first kappa shape index (κ1) is 10.4. The number of ether oxygens (including phenoxy) is 1. The molecule has 3 aliphatic rings. The third-order valence-electron chi connectivity index (χ3n) is 4.12. The Kier molecular flexibility index (Phi) is 2.33. The van der Waals surface area contributed by atoms with Crippen molar-refractivity contribution < 1.29 is 14.4 Å². The lowest BCUT2D eigenvalue weighted by atomic mass is 9.89. The Morgan fingerprint density at radius 2 is 2.31 bits per heavy atom. The average Bonchev–Trinajstić information content (AvgIpc) is 2.69. The minimum Gasteiger partial charge on any atom is -0.453 e. The van der Waals surface area contributed by atoms with Crippen LogP contribution in [-0.4, -0.2) is 54.4 Å². The van der Waals surface area contributed by atoms with Gasteiger partial charge in [0.15, 0.2) is 0 Å². The lowest BCUT2D eigenvalue weighted by Crippen LogP contribution is -2.43. The molecule has 2 atom stereocenters. The molecule has 5 nitrogen and oxygen atoms in total. The number of hydrogen-bond donors (Lipinski definition) is 0. The Labute approximate surface area is 95.2 Å². The molecule has 3 rings (SSSR count). The molecule has 3 fully saturated rings. The minimum atomic E-state index is -0.225. The van der Waals surface area contributed by atoms with E-state index in [-0.39, 0.29) is 17.7 Å². The largest absolute Gasteiger partial charge is 0.453 e. The van der Waals surface area contributed by atoms with Crippen LogP contribution in [0.1, 0.15) is 25.7 Å². The van der Waals surface area contributed by atoms with Crippen molar-refractivity contribution in [1.29, 1.82) is 0 Å². The van der Waals surface area contributed by atoms with E-state index < -0.39 is 0 Å². The van der Waals surface area contributed by atoms with Gasteiger partial charge in [-0.2, -0.15) is 5.06 Å². The van der Waals surface area contributed by atoms with Crippen molar-refractivity contribution >= 4 is 6.09 Å². The van der Waals surface area contributed by atoms with E-state index in [1.54, 1.807) is 4.90 Å². The molecular weight excluding hydrogens is 208 g/mol. The van der Waals surface area contributed by atoms with Gasteiger partial charge in [0.1, 0.15) is 0 Å². The van der Waals surface area contributed by atoms with Crippen LogP contribution in [0.5, 0.6) is 0 Å². The maximum Gasteiger partial charge on any atom is 0.409 e. The van der Waals surface area contributed by atoms with Crippen LogP contribution in [0.15, 0.2) is 0 Å². The van der Waals surface area contributed by atoms with Gasteiger partial charge in [-0.1, -0.05) is 0 Å². The molecule has 0 unspecified atom stereocenters. The van der Waals surface area contributed by atoms with Crippen molar-refractivity contribution in [2.75, 3.05) is 26.7 Å². The number of likely N-dealkylation sites (tertiary alicyclic amines) is 1. The summed E-state index contributed by atoms with van der Waals surface area (Å²) in [5.41, 5.74) is 0.216. The van der Waals surface area contributed by atoms with Crippen LogP contribution in [0.4, 0.5) is 4.79 Å². The summed E-state index contributed by atoms with van der Waals surface area (Å²) in [7, 11) is 1.44. The first-order valence-corrected chi connectivity index (χ1v) is 6.01. The summed E-state index contributed by atoms with van der Waals surface area (Å²) in [4.78, 5) is 19.2. The number of rotatable bonds is 0. The monoisotopic (exact) mass is 226 g/mol. The Hall–Kier alpha value is -0.810. The van der Waals surface area contributed by atoms with E-state index in [1.807, 2.05) is 0 Å². The van der Waals surface area contributed by atoms with Gasteiger partial charge in [-0.05, 0) is 25.7 Å². The Morgan fingerprint density at radius 3 is 3.12 bits per heavy atom. The molecule has 0 saturated carbocycles. The van der Waals surface area contributed by atoms with Crippen molar-refractivity contribution in [3.63, 3.8) is 0 Å². The zero-order valence-corrected chi connectivity index (χ0v) is 9.65. The van der Waals surface area contributed by atoms with Crippen LogP contribution in [0.25, 0.3) is 0 Å². The third kappa shape index (κ3) is 1.42. The van der Waals surface area contributed by atoms with Gasteiger partial charge in [0.2, 0.25) is 0 Å². The predicted octanol–water partition coefficient (Wildman–Crippen LogP) is 0.997.